The lowest BCUT2D eigenvalue weighted by atomic mass is 9.85. The number of likely N-dealkylation sites (N-methyl/N-ethyl adjacent to an activating group) is 1. The second-order valence-electron chi connectivity index (χ2n) is 4.97. The zero-order chi connectivity index (χ0) is 12.0. The normalized spacial score (nSPS) is 30.2. The van der Waals surface area contributed by atoms with E-state index in [2.05, 4.69) is 24.1 Å². The summed E-state index contributed by atoms with van der Waals surface area (Å²) in [7, 11) is 1.99. The number of hydrogen-bond acceptors (Lipinski definition) is 3. The molecule has 0 saturated heterocycles. The molecule has 0 spiro atoms. The molecule has 16 heavy (non-hydrogen) atoms. The molecular weight excluding hydrogens is 200 g/mol. The SMILES string of the molecule is CCN(CC)CCC1CCCC1(CO)NC. The summed E-state index contributed by atoms with van der Waals surface area (Å²) in [6, 6.07) is 0. The monoisotopic (exact) mass is 228 g/mol. The predicted octanol–water partition coefficient (Wildman–Crippen LogP) is 1.47. The maximum Gasteiger partial charge on any atom is 0.0615 e. The standard InChI is InChI=1S/C13H28N2O/c1-4-15(5-2)10-8-12-7-6-9-13(12,11-16)14-3/h12,14,16H,4-11H2,1-3H3. The molecule has 2 N–H and O–H groups in total. The Morgan fingerprint density at radius 3 is 2.56 bits per heavy atom. The van der Waals surface area contributed by atoms with Gasteiger partial charge in [-0.25, -0.2) is 0 Å². The molecule has 0 radical (unpaired) electrons. The van der Waals surface area contributed by atoms with Crippen LogP contribution in [0, 0.1) is 5.92 Å². The van der Waals surface area contributed by atoms with E-state index in [1.807, 2.05) is 7.05 Å². The highest BCUT2D eigenvalue weighted by Crippen LogP contribution is 2.37. The van der Waals surface area contributed by atoms with E-state index in [1.54, 1.807) is 0 Å². The quantitative estimate of drug-likeness (QED) is 0.692. The van der Waals surface area contributed by atoms with Crippen molar-refractivity contribution in [2.75, 3.05) is 33.3 Å². The Labute approximate surface area is 100 Å². The molecule has 2 atom stereocenters. The van der Waals surface area contributed by atoms with Crippen molar-refractivity contribution in [3.63, 3.8) is 0 Å². The molecule has 0 aromatic carbocycles. The highest BCUT2D eigenvalue weighted by molar-refractivity contribution is 4.98. The van der Waals surface area contributed by atoms with Gasteiger partial charge in [-0.05, 0) is 51.9 Å². The van der Waals surface area contributed by atoms with Gasteiger partial charge in [-0.2, -0.15) is 0 Å². The molecule has 1 aliphatic rings. The fourth-order valence-corrected chi connectivity index (χ4v) is 3.06. The summed E-state index contributed by atoms with van der Waals surface area (Å²) in [4.78, 5) is 2.47. The van der Waals surface area contributed by atoms with Crippen molar-refractivity contribution in [3.8, 4) is 0 Å². The van der Waals surface area contributed by atoms with Gasteiger partial charge in [-0.3, -0.25) is 0 Å². The minimum absolute atomic E-state index is 0.00710. The van der Waals surface area contributed by atoms with E-state index < -0.39 is 0 Å². The van der Waals surface area contributed by atoms with E-state index in [-0.39, 0.29) is 12.1 Å². The summed E-state index contributed by atoms with van der Waals surface area (Å²) in [6.07, 6.45) is 4.86. The van der Waals surface area contributed by atoms with E-state index in [0.717, 1.165) is 19.5 Å². The van der Waals surface area contributed by atoms with Gasteiger partial charge in [0.15, 0.2) is 0 Å². The van der Waals surface area contributed by atoms with Gasteiger partial charge in [0.1, 0.15) is 0 Å². The summed E-state index contributed by atoms with van der Waals surface area (Å²) >= 11 is 0. The molecule has 1 saturated carbocycles. The molecule has 1 rings (SSSR count). The fraction of sp³-hybridized carbons (Fsp3) is 1.00. The number of rotatable bonds is 7. The number of aliphatic hydroxyl groups excluding tert-OH is 1. The highest BCUT2D eigenvalue weighted by Gasteiger charge is 2.40. The van der Waals surface area contributed by atoms with Crippen molar-refractivity contribution in [3.05, 3.63) is 0 Å². The van der Waals surface area contributed by atoms with Crippen LogP contribution < -0.4 is 5.32 Å². The van der Waals surface area contributed by atoms with Crippen LogP contribution in [0.3, 0.4) is 0 Å². The van der Waals surface area contributed by atoms with Crippen molar-refractivity contribution in [1.82, 2.24) is 10.2 Å². The first-order valence-corrected chi connectivity index (χ1v) is 6.74. The van der Waals surface area contributed by atoms with Gasteiger partial charge in [0.05, 0.1) is 6.61 Å². The Hall–Kier alpha value is -0.120. The molecule has 0 bridgehead atoms. The molecule has 0 aromatic heterocycles. The van der Waals surface area contributed by atoms with Crippen molar-refractivity contribution in [2.24, 2.45) is 5.92 Å². The van der Waals surface area contributed by atoms with Crippen molar-refractivity contribution < 1.29 is 5.11 Å². The van der Waals surface area contributed by atoms with Crippen LogP contribution >= 0.6 is 0 Å². The average Bonchev–Trinajstić information content (AvgIpc) is 2.74. The van der Waals surface area contributed by atoms with Gasteiger partial charge in [0, 0.05) is 5.54 Å². The van der Waals surface area contributed by atoms with E-state index in [0.29, 0.717) is 5.92 Å². The Morgan fingerprint density at radius 2 is 2.06 bits per heavy atom. The van der Waals surface area contributed by atoms with Crippen LogP contribution in [0.1, 0.15) is 39.5 Å². The number of nitrogens with zero attached hydrogens (tertiary/aromatic N) is 1. The molecule has 96 valence electrons. The lowest BCUT2D eigenvalue weighted by Gasteiger charge is -2.34. The maximum atomic E-state index is 9.59. The predicted molar refractivity (Wildman–Crippen MR) is 68.6 cm³/mol. The molecule has 0 aromatic rings. The van der Waals surface area contributed by atoms with Crippen LogP contribution in [0.15, 0.2) is 0 Å². The third kappa shape index (κ3) is 2.96. The second-order valence-corrected chi connectivity index (χ2v) is 4.97. The summed E-state index contributed by atoms with van der Waals surface area (Å²) < 4.78 is 0. The minimum atomic E-state index is 0.00710. The van der Waals surface area contributed by atoms with Crippen LogP contribution in [0.2, 0.25) is 0 Å². The van der Waals surface area contributed by atoms with Gasteiger partial charge in [0.2, 0.25) is 0 Å². The van der Waals surface area contributed by atoms with Crippen LogP contribution in [0.5, 0.6) is 0 Å². The number of hydrogen-bond donors (Lipinski definition) is 2. The van der Waals surface area contributed by atoms with Gasteiger partial charge >= 0.3 is 0 Å². The second kappa shape index (κ2) is 6.58. The largest absolute Gasteiger partial charge is 0.394 e. The smallest absolute Gasteiger partial charge is 0.0615 e. The molecule has 3 nitrogen and oxygen atoms in total. The lowest BCUT2D eigenvalue weighted by Crippen LogP contribution is -2.50. The summed E-state index contributed by atoms with van der Waals surface area (Å²) in [5, 5.41) is 13.0. The van der Waals surface area contributed by atoms with Crippen molar-refractivity contribution in [2.45, 2.75) is 45.1 Å². The first-order valence-electron chi connectivity index (χ1n) is 6.74. The summed E-state index contributed by atoms with van der Waals surface area (Å²) in [5.74, 6) is 0.642. The molecule has 0 heterocycles. The minimum Gasteiger partial charge on any atom is -0.394 e. The Morgan fingerprint density at radius 1 is 1.38 bits per heavy atom. The summed E-state index contributed by atoms with van der Waals surface area (Å²) in [5.41, 5.74) is 0.00710. The fourth-order valence-electron chi connectivity index (χ4n) is 3.06. The molecule has 0 amide bonds. The van der Waals surface area contributed by atoms with Gasteiger partial charge < -0.3 is 15.3 Å². The van der Waals surface area contributed by atoms with E-state index in [4.69, 9.17) is 0 Å². The lowest BCUT2D eigenvalue weighted by molar-refractivity contribution is 0.119. The number of aliphatic hydroxyl groups is 1. The van der Waals surface area contributed by atoms with Gasteiger partial charge in [-0.15, -0.1) is 0 Å². The van der Waals surface area contributed by atoms with Gasteiger partial charge in [-0.1, -0.05) is 20.3 Å². The first-order chi connectivity index (χ1) is 7.72. The molecule has 1 fully saturated rings. The summed E-state index contributed by atoms with van der Waals surface area (Å²) in [6.45, 7) is 8.16. The van der Waals surface area contributed by atoms with Crippen molar-refractivity contribution >= 4 is 0 Å². The molecule has 2 unspecified atom stereocenters. The van der Waals surface area contributed by atoms with Crippen LogP contribution in [0.25, 0.3) is 0 Å². The Kier molecular flexibility index (Phi) is 5.73. The van der Waals surface area contributed by atoms with Gasteiger partial charge in [0.25, 0.3) is 0 Å². The Bertz CT molecular complexity index is 188. The van der Waals surface area contributed by atoms with Crippen LogP contribution in [-0.4, -0.2) is 48.8 Å². The molecule has 1 aliphatic carbocycles. The molecule has 0 aliphatic heterocycles. The van der Waals surface area contributed by atoms with E-state index in [1.165, 1.54) is 25.8 Å². The molecule has 3 heteroatoms. The van der Waals surface area contributed by atoms with Crippen LogP contribution in [0.4, 0.5) is 0 Å². The van der Waals surface area contributed by atoms with E-state index in [9.17, 15) is 5.11 Å². The number of nitrogens with one attached hydrogen (secondary N) is 1. The molecular formula is C13H28N2O. The van der Waals surface area contributed by atoms with Crippen LogP contribution in [-0.2, 0) is 0 Å². The maximum absolute atomic E-state index is 9.59. The third-order valence-corrected chi connectivity index (χ3v) is 4.43. The topological polar surface area (TPSA) is 35.5 Å². The highest BCUT2D eigenvalue weighted by atomic mass is 16.3. The first kappa shape index (κ1) is 13.9. The van der Waals surface area contributed by atoms with Crippen molar-refractivity contribution in [1.29, 1.82) is 0 Å². The zero-order valence-corrected chi connectivity index (χ0v) is 11.1. The third-order valence-electron chi connectivity index (χ3n) is 4.43. The van der Waals surface area contributed by atoms with E-state index >= 15 is 0 Å². The average molecular weight is 228 g/mol. The zero-order valence-electron chi connectivity index (χ0n) is 11.1. The Balaban J connectivity index is 2.46.